The number of furan rings is 1. The highest BCUT2D eigenvalue weighted by atomic mass is 16.7. The SMILES string of the molecule is O=C(Cc1ccco1)N1CCN(Cc2ccc3c(c2)OCO3)CC1. The third-order valence-electron chi connectivity index (χ3n) is 4.47. The highest BCUT2D eigenvalue weighted by molar-refractivity contribution is 5.78. The largest absolute Gasteiger partial charge is 0.469 e. The van der Waals surface area contributed by atoms with Gasteiger partial charge in [-0.15, -0.1) is 0 Å². The van der Waals surface area contributed by atoms with Gasteiger partial charge in [0.2, 0.25) is 12.7 Å². The lowest BCUT2D eigenvalue weighted by Gasteiger charge is -2.34. The minimum absolute atomic E-state index is 0.132. The van der Waals surface area contributed by atoms with E-state index in [1.54, 1.807) is 6.26 Å². The molecule has 0 atom stereocenters. The quantitative estimate of drug-likeness (QED) is 0.858. The Kier molecular flexibility index (Phi) is 4.13. The number of hydrogen-bond acceptors (Lipinski definition) is 5. The molecular weight excluding hydrogens is 308 g/mol. The Morgan fingerprint density at radius 1 is 1.04 bits per heavy atom. The van der Waals surface area contributed by atoms with Crippen LogP contribution >= 0.6 is 0 Å². The summed E-state index contributed by atoms with van der Waals surface area (Å²) in [7, 11) is 0. The van der Waals surface area contributed by atoms with Crippen molar-refractivity contribution < 1.29 is 18.7 Å². The zero-order valence-electron chi connectivity index (χ0n) is 13.4. The van der Waals surface area contributed by atoms with E-state index in [-0.39, 0.29) is 5.91 Å². The fraction of sp³-hybridized carbons (Fsp3) is 0.389. The van der Waals surface area contributed by atoms with Crippen LogP contribution in [0.4, 0.5) is 0 Å². The van der Waals surface area contributed by atoms with Crippen molar-refractivity contribution in [2.24, 2.45) is 0 Å². The second-order valence-corrected chi connectivity index (χ2v) is 6.10. The molecular formula is C18H20N2O4. The summed E-state index contributed by atoms with van der Waals surface area (Å²) < 4.78 is 16.0. The number of amides is 1. The van der Waals surface area contributed by atoms with Gasteiger partial charge in [0.15, 0.2) is 11.5 Å². The summed E-state index contributed by atoms with van der Waals surface area (Å²) in [5.41, 5.74) is 1.20. The molecule has 0 bridgehead atoms. The molecule has 1 saturated heterocycles. The molecule has 0 unspecified atom stereocenters. The van der Waals surface area contributed by atoms with E-state index in [1.165, 1.54) is 5.56 Å². The van der Waals surface area contributed by atoms with Gasteiger partial charge in [0.25, 0.3) is 0 Å². The summed E-state index contributed by atoms with van der Waals surface area (Å²) in [5, 5.41) is 0. The van der Waals surface area contributed by atoms with E-state index in [0.29, 0.717) is 13.2 Å². The smallest absolute Gasteiger partial charge is 0.231 e. The summed E-state index contributed by atoms with van der Waals surface area (Å²) in [5.74, 6) is 2.49. The molecule has 1 aromatic carbocycles. The number of piperazine rings is 1. The van der Waals surface area contributed by atoms with Gasteiger partial charge in [-0.25, -0.2) is 0 Å². The van der Waals surface area contributed by atoms with E-state index < -0.39 is 0 Å². The molecule has 1 fully saturated rings. The van der Waals surface area contributed by atoms with Crippen LogP contribution in [0.15, 0.2) is 41.0 Å². The number of nitrogens with zero attached hydrogens (tertiary/aromatic N) is 2. The van der Waals surface area contributed by atoms with Gasteiger partial charge in [0.05, 0.1) is 12.7 Å². The number of ether oxygens (including phenoxy) is 2. The van der Waals surface area contributed by atoms with Gasteiger partial charge in [0, 0.05) is 32.7 Å². The highest BCUT2D eigenvalue weighted by Gasteiger charge is 2.22. The van der Waals surface area contributed by atoms with Crippen LogP contribution in [-0.4, -0.2) is 48.7 Å². The summed E-state index contributed by atoms with van der Waals surface area (Å²) >= 11 is 0. The van der Waals surface area contributed by atoms with Crippen LogP contribution in [0.5, 0.6) is 11.5 Å². The number of fused-ring (bicyclic) bond motifs is 1. The molecule has 6 heteroatoms. The summed E-state index contributed by atoms with van der Waals surface area (Å²) in [6, 6.07) is 9.72. The van der Waals surface area contributed by atoms with Crippen molar-refractivity contribution in [3.05, 3.63) is 47.9 Å². The summed E-state index contributed by atoms with van der Waals surface area (Å²) in [6.45, 7) is 4.41. The lowest BCUT2D eigenvalue weighted by molar-refractivity contribution is -0.132. The molecule has 2 aromatic rings. The standard InChI is InChI=1S/C18H20N2O4/c21-18(11-15-2-1-9-22-15)20-7-5-19(6-8-20)12-14-3-4-16-17(10-14)24-13-23-16/h1-4,9-10H,5-8,11-13H2. The number of carbonyl (C=O) groups excluding carboxylic acids is 1. The van der Waals surface area contributed by atoms with Crippen LogP contribution in [-0.2, 0) is 17.8 Å². The summed E-state index contributed by atoms with van der Waals surface area (Å²) in [4.78, 5) is 16.5. The number of carbonyl (C=O) groups is 1. The molecule has 6 nitrogen and oxygen atoms in total. The fourth-order valence-corrected chi connectivity index (χ4v) is 3.13. The van der Waals surface area contributed by atoms with E-state index in [2.05, 4.69) is 11.0 Å². The van der Waals surface area contributed by atoms with Crippen LogP contribution < -0.4 is 9.47 Å². The first-order chi connectivity index (χ1) is 11.8. The van der Waals surface area contributed by atoms with Gasteiger partial charge in [-0.3, -0.25) is 9.69 Å². The van der Waals surface area contributed by atoms with Crippen molar-refractivity contribution in [2.75, 3.05) is 33.0 Å². The van der Waals surface area contributed by atoms with Crippen molar-refractivity contribution in [3.63, 3.8) is 0 Å². The van der Waals surface area contributed by atoms with E-state index in [4.69, 9.17) is 13.9 Å². The fourth-order valence-electron chi connectivity index (χ4n) is 3.13. The maximum Gasteiger partial charge on any atom is 0.231 e. The maximum atomic E-state index is 12.3. The Balaban J connectivity index is 1.29. The van der Waals surface area contributed by atoms with E-state index >= 15 is 0 Å². The Morgan fingerprint density at radius 2 is 1.88 bits per heavy atom. The molecule has 0 radical (unpaired) electrons. The van der Waals surface area contributed by atoms with Crippen LogP contribution in [0.25, 0.3) is 0 Å². The second-order valence-electron chi connectivity index (χ2n) is 6.10. The van der Waals surface area contributed by atoms with Crippen molar-refractivity contribution in [3.8, 4) is 11.5 Å². The van der Waals surface area contributed by atoms with Crippen molar-refractivity contribution in [1.82, 2.24) is 9.80 Å². The molecule has 0 N–H and O–H groups in total. The predicted molar refractivity (Wildman–Crippen MR) is 86.8 cm³/mol. The lowest BCUT2D eigenvalue weighted by atomic mass is 10.1. The number of rotatable bonds is 4. The van der Waals surface area contributed by atoms with E-state index in [1.807, 2.05) is 29.2 Å². The zero-order chi connectivity index (χ0) is 16.4. The highest BCUT2D eigenvalue weighted by Crippen LogP contribution is 2.32. The van der Waals surface area contributed by atoms with Gasteiger partial charge >= 0.3 is 0 Å². The third kappa shape index (κ3) is 3.23. The third-order valence-corrected chi connectivity index (χ3v) is 4.47. The number of hydrogen-bond donors (Lipinski definition) is 0. The molecule has 3 heterocycles. The first-order valence-electron chi connectivity index (χ1n) is 8.19. The zero-order valence-corrected chi connectivity index (χ0v) is 13.4. The molecule has 1 amide bonds. The van der Waals surface area contributed by atoms with Gasteiger partial charge in [-0.05, 0) is 29.8 Å². The molecule has 4 rings (SSSR count). The normalized spacial score (nSPS) is 17.2. The van der Waals surface area contributed by atoms with Gasteiger partial charge < -0.3 is 18.8 Å². The van der Waals surface area contributed by atoms with E-state index in [0.717, 1.165) is 50.0 Å². The Morgan fingerprint density at radius 3 is 2.67 bits per heavy atom. The van der Waals surface area contributed by atoms with Gasteiger partial charge in [-0.2, -0.15) is 0 Å². The van der Waals surface area contributed by atoms with Crippen LogP contribution in [0.1, 0.15) is 11.3 Å². The minimum Gasteiger partial charge on any atom is -0.469 e. The monoisotopic (exact) mass is 328 g/mol. The molecule has 2 aliphatic heterocycles. The number of benzene rings is 1. The minimum atomic E-state index is 0.132. The average molecular weight is 328 g/mol. The first-order valence-corrected chi connectivity index (χ1v) is 8.19. The molecule has 1 aromatic heterocycles. The van der Waals surface area contributed by atoms with E-state index in [9.17, 15) is 4.79 Å². The molecule has 2 aliphatic rings. The average Bonchev–Trinajstić information content (AvgIpc) is 3.26. The van der Waals surface area contributed by atoms with Crippen molar-refractivity contribution in [1.29, 1.82) is 0 Å². The Hall–Kier alpha value is -2.47. The second kappa shape index (κ2) is 6.57. The summed E-state index contributed by atoms with van der Waals surface area (Å²) in [6.07, 6.45) is 1.95. The van der Waals surface area contributed by atoms with Crippen LogP contribution in [0, 0.1) is 0 Å². The molecule has 126 valence electrons. The van der Waals surface area contributed by atoms with Crippen LogP contribution in [0.3, 0.4) is 0 Å². The van der Waals surface area contributed by atoms with Crippen molar-refractivity contribution >= 4 is 5.91 Å². The Bertz CT molecular complexity index is 706. The van der Waals surface area contributed by atoms with Gasteiger partial charge in [0.1, 0.15) is 5.76 Å². The molecule has 0 saturated carbocycles. The lowest BCUT2D eigenvalue weighted by Crippen LogP contribution is -2.48. The maximum absolute atomic E-state index is 12.3. The topological polar surface area (TPSA) is 55.2 Å². The Labute approximate surface area is 140 Å². The predicted octanol–water partition coefficient (Wildman–Crippen LogP) is 1.90. The van der Waals surface area contributed by atoms with Crippen LogP contribution in [0.2, 0.25) is 0 Å². The molecule has 0 spiro atoms. The molecule has 24 heavy (non-hydrogen) atoms. The first kappa shape index (κ1) is 15.1. The van der Waals surface area contributed by atoms with Crippen molar-refractivity contribution in [2.45, 2.75) is 13.0 Å². The van der Waals surface area contributed by atoms with Gasteiger partial charge in [-0.1, -0.05) is 6.07 Å². The molecule has 0 aliphatic carbocycles.